The van der Waals surface area contributed by atoms with Crippen molar-refractivity contribution in [3.05, 3.63) is 23.0 Å². The van der Waals surface area contributed by atoms with Gasteiger partial charge in [0.1, 0.15) is 5.69 Å². The average Bonchev–Trinajstić information content (AvgIpc) is 2.74. The number of unbranched alkanes of at least 4 members (excludes halogenated alkanes) is 2. The number of rotatable bonds is 8. The Balaban J connectivity index is 2.29. The van der Waals surface area contributed by atoms with Gasteiger partial charge in [0.2, 0.25) is 0 Å². The Kier molecular flexibility index (Phi) is 6.42. The standard InChI is InChI=1S/C13H19ClN2O3/c1-2-16-9-10(14)8-11(16)13(19)15-7-5-3-4-6-12(17)18/h8-9H,2-7H2,1H3,(H,15,19)(H,17,18). The van der Waals surface area contributed by atoms with Crippen LogP contribution in [0.5, 0.6) is 0 Å². The van der Waals surface area contributed by atoms with Crippen LogP contribution in [0.15, 0.2) is 12.3 Å². The highest BCUT2D eigenvalue weighted by molar-refractivity contribution is 6.31. The maximum Gasteiger partial charge on any atom is 0.303 e. The zero-order chi connectivity index (χ0) is 14.3. The predicted molar refractivity (Wildman–Crippen MR) is 73.6 cm³/mol. The molecule has 2 N–H and O–H groups in total. The number of nitrogens with one attached hydrogen (secondary N) is 1. The van der Waals surface area contributed by atoms with Crippen molar-refractivity contribution in [3.63, 3.8) is 0 Å². The van der Waals surface area contributed by atoms with Gasteiger partial charge in [0.05, 0.1) is 5.02 Å². The molecule has 0 saturated heterocycles. The molecule has 1 heterocycles. The fourth-order valence-electron chi connectivity index (χ4n) is 1.80. The normalized spacial score (nSPS) is 10.4. The summed E-state index contributed by atoms with van der Waals surface area (Å²) in [5.74, 6) is -0.925. The second-order valence-electron chi connectivity index (χ2n) is 4.29. The van der Waals surface area contributed by atoms with Crippen molar-refractivity contribution in [2.45, 2.75) is 39.2 Å². The smallest absolute Gasteiger partial charge is 0.303 e. The zero-order valence-electron chi connectivity index (χ0n) is 11.0. The molecule has 0 radical (unpaired) electrons. The summed E-state index contributed by atoms with van der Waals surface area (Å²) in [7, 11) is 0. The molecule has 0 atom stereocenters. The lowest BCUT2D eigenvalue weighted by Gasteiger charge is -2.07. The van der Waals surface area contributed by atoms with Gasteiger partial charge in [0, 0.05) is 25.7 Å². The van der Waals surface area contributed by atoms with E-state index in [0.717, 1.165) is 12.8 Å². The topological polar surface area (TPSA) is 71.3 Å². The number of carbonyl (C=O) groups is 2. The number of halogens is 1. The molecular formula is C13H19ClN2O3. The number of nitrogens with zero attached hydrogens (tertiary/aromatic N) is 1. The van der Waals surface area contributed by atoms with Crippen LogP contribution in [0.25, 0.3) is 0 Å². The van der Waals surface area contributed by atoms with E-state index < -0.39 is 5.97 Å². The van der Waals surface area contributed by atoms with E-state index in [2.05, 4.69) is 5.32 Å². The third-order valence-electron chi connectivity index (χ3n) is 2.79. The lowest BCUT2D eigenvalue weighted by molar-refractivity contribution is -0.137. The highest BCUT2D eigenvalue weighted by atomic mass is 35.5. The molecule has 1 amide bonds. The van der Waals surface area contributed by atoms with Gasteiger partial charge in [-0.25, -0.2) is 0 Å². The summed E-state index contributed by atoms with van der Waals surface area (Å²) in [4.78, 5) is 22.2. The number of hydrogen-bond acceptors (Lipinski definition) is 2. The van der Waals surface area contributed by atoms with Crippen molar-refractivity contribution in [1.29, 1.82) is 0 Å². The summed E-state index contributed by atoms with van der Waals surface area (Å²) in [6, 6.07) is 1.64. The first kappa shape index (κ1) is 15.6. The summed E-state index contributed by atoms with van der Waals surface area (Å²) in [6.07, 6.45) is 4.12. The average molecular weight is 287 g/mol. The number of carboxylic acids is 1. The molecular weight excluding hydrogens is 268 g/mol. The van der Waals surface area contributed by atoms with Crippen molar-refractivity contribution in [2.24, 2.45) is 0 Å². The number of amides is 1. The Morgan fingerprint density at radius 2 is 2.11 bits per heavy atom. The van der Waals surface area contributed by atoms with Crippen molar-refractivity contribution >= 4 is 23.5 Å². The van der Waals surface area contributed by atoms with Gasteiger partial charge in [-0.1, -0.05) is 18.0 Å². The molecule has 0 aliphatic carbocycles. The van der Waals surface area contributed by atoms with Crippen LogP contribution < -0.4 is 5.32 Å². The fourth-order valence-corrected chi connectivity index (χ4v) is 2.02. The van der Waals surface area contributed by atoms with E-state index in [1.165, 1.54) is 0 Å². The van der Waals surface area contributed by atoms with Crippen LogP contribution in [0, 0.1) is 0 Å². The van der Waals surface area contributed by atoms with Gasteiger partial charge in [-0.05, 0) is 25.8 Å². The Labute approximate surface area is 117 Å². The molecule has 0 unspecified atom stereocenters. The molecule has 1 aromatic rings. The Morgan fingerprint density at radius 1 is 1.37 bits per heavy atom. The molecule has 0 fully saturated rings. The first-order valence-electron chi connectivity index (χ1n) is 6.40. The van der Waals surface area contributed by atoms with Crippen LogP contribution in [0.1, 0.15) is 43.1 Å². The van der Waals surface area contributed by atoms with Gasteiger partial charge in [0.15, 0.2) is 0 Å². The summed E-state index contributed by atoms with van der Waals surface area (Å²) >= 11 is 5.86. The minimum Gasteiger partial charge on any atom is -0.481 e. The van der Waals surface area contributed by atoms with Gasteiger partial charge in [0.25, 0.3) is 5.91 Å². The van der Waals surface area contributed by atoms with E-state index in [-0.39, 0.29) is 12.3 Å². The fraction of sp³-hybridized carbons (Fsp3) is 0.538. The van der Waals surface area contributed by atoms with E-state index in [9.17, 15) is 9.59 Å². The maximum absolute atomic E-state index is 11.9. The second-order valence-corrected chi connectivity index (χ2v) is 4.73. The summed E-state index contributed by atoms with van der Waals surface area (Å²) in [5, 5.41) is 11.8. The number of carboxylic acid groups (broad SMARTS) is 1. The number of hydrogen-bond donors (Lipinski definition) is 2. The first-order chi connectivity index (χ1) is 9.04. The Hall–Kier alpha value is -1.49. The summed E-state index contributed by atoms with van der Waals surface area (Å²) in [6.45, 7) is 3.18. The lowest BCUT2D eigenvalue weighted by Crippen LogP contribution is -2.26. The molecule has 106 valence electrons. The summed E-state index contributed by atoms with van der Waals surface area (Å²) in [5.41, 5.74) is 0.554. The molecule has 1 rings (SSSR count). The number of aryl methyl sites for hydroxylation is 1. The molecule has 19 heavy (non-hydrogen) atoms. The van der Waals surface area contributed by atoms with E-state index in [1.54, 1.807) is 16.8 Å². The van der Waals surface area contributed by atoms with Crippen LogP contribution >= 0.6 is 11.6 Å². The van der Waals surface area contributed by atoms with Gasteiger partial charge in [-0.2, -0.15) is 0 Å². The molecule has 6 heteroatoms. The van der Waals surface area contributed by atoms with Crippen molar-refractivity contribution in [1.82, 2.24) is 9.88 Å². The predicted octanol–water partition coefficient (Wildman–Crippen LogP) is 2.54. The molecule has 0 aromatic carbocycles. The van der Waals surface area contributed by atoms with E-state index in [0.29, 0.717) is 30.2 Å². The minimum absolute atomic E-state index is 0.146. The molecule has 0 spiro atoms. The van der Waals surface area contributed by atoms with E-state index in [4.69, 9.17) is 16.7 Å². The lowest BCUT2D eigenvalue weighted by atomic mass is 10.2. The molecule has 0 saturated carbocycles. The van der Waals surface area contributed by atoms with Gasteiger partial charge < -0.3 is 15.0 Å². The zero-order valence-corrected chi connectivity index (χ0v) is 11.7. The summed E-state index contributed by atoms with van der Waals surface area (Å²) < 4.78 is 1.79. The van der Waals surface area contributed by atoms with Gasteiger partial charge in [-0.15, -0.1) is 0 Å². The Morgan fingerprint density at radius 3 is 2.74 bits per heavy atom. The van der Waals surface area contributed by atoms with Crippen LogP contribution in [-0.2, 0) is 11.3 Å². The molecule has 5 nitrogen and oxygen atoms in total. The highest BCUT2D eigenvalue weighted by Gasteiger charge is 2.11. The molecule has 1 aromatic heterocycles. The van der Waals surface area contributed by atoms with Gasteiger partial charge >= 0.3 is 5.97 Å². The van der Waals surface area contributed by atoms with Crippen LogP contribution in [-0.4, -0.2) is 28.1 Å². The number of aliphatic carboxylic acids is 1. The Bertz CT molecular complexity index is 443. The van der Waals surface area contributed by atoms with Gasteiger partial charge in [-0.3, -0.25) is 9.59 Å². The third kappa shape index (κ3) is 5.34. The quantitative estimate of drug-likeness (QED) is 0.721. The van der Waals surface area contributed by atoms with Crippen molar-refractivity contribution < 1.29 is 14.7 Å². The number of carbonyl (C=O) groups excluding carboxylic acids is 1. The molecule has 0 aliphatic heterocycles. The second kappa shape index (κ2) is 7.84. The van der Waals surface area contributed by atoms with E-state index in [1.807, 2.05) is 6.92 Å². The highest BCUT2D eigenvalue weighted by Crippen LogP contribution is 2.14. The number of aromatic nitrogens is 1. The van der Waals surface area contributed by atoms with E-state index >= 15 is 0 Å². The van der Waals surface area contributed by atoms with Crippen molar-refractivity contribution in [3.8, 4) is 0 Å². The first-order valence-corrected chi connectivity index (χ1v) is 6.78. The van der Waals surface area contributed by atoms with Crippen molar-refractivity contribution in [2.75, 3.05) is 6.54 Å². The molecule has 0 aliphatic rings. The molecule has 0 bridgehead atoms. The maximum atomic E-state index is 11.9. The van der Waals surface area contributed by atoms with Crippen LogP contribution in [0.4, 0.5) is 0 Å². The monoisotopic (exact) mass is 286 g/mol. The minimum atomic E-state index is -0.778. The van der Waals surface area contributed by atoms with Crippen LogP contribution in [0.3, 0.4) is 0 Å². The largest absolute Gasteiger partial charge is 0.481 e. The third-order valence-corrected chi connectivity index (χ3v) is 3.00. The van der Waals surface area contributed by atoms with Crippen LogP contribution in [0.2, 0.25) is 5.02 Å². The SMILES string of the molecule is CCn1cc(Cl)cc1C(=O)NCCCCCC(=O)O.